The van der Waals surface area contributed by atoms with E-state index in [1.54, 1.807) is 19.2 Å². The van der Waals surface area contributed by atoms with Gasteiger partial charge in [-0.05, 0) is 26.7 Å². The van der Waals surface area contributed by atoms with E-state index in [-0.39, 0.29) is 17.6 Å². The third-order valence-electron chi connectivity index (χ3n) is 3.48. The summed E-state index contributed by atoms with van der Waals surface area (Å²) in [6.45, 7) is 3.83. The Labute approximate surface area is 115 Å². The van der Waals surface area contributed by atoms with Gasteiger partial charge in [-0.3, -0.25) is 4.79 Å². The summed E-state index contributed by atoms with van der Waals surface area (Å²) in [5, 5.41) is 11.6. The van der Waals surface area contributed by atoms with Gasteiger partial charge in [-0.15, -0.1) is 11.3 Å². The summed E-state index contributed by atoms with van der Waals surface area (Å²) in [5.41, 5.74) is 4.87. The highest BCUT2D eigenvalue weighted by molar-refractivity contribution is 7.09. The fraction of sp³-hybridized carbons (Fsp3) is 0.583. The van der Waals surface area contributed by atoms with Gasteiger partial charge in [0.15, 0.2) is 0 Å². The predicted molar refractivity (Wildman–Crippen MR) is 71.0 cm³/mol. The molecule has 1 amide bonds. The van der Waals surface area contributed by atoms with Crippen LogP contribution in [0.15, 0.2) is 5.38 Å². The van der Waals surface area contributed by atoms with Crippen molar-refractivity contribution >= 4 is 23.2 Å². The first kappa shape index (κ1) is 14.0. The van der Waals surface area contributed by atoms with Crippen molar-refractivity contribution in [2.45, 2.75) is 38.3 Å². The number of carboxylic acid groups (broad SMARTS) is 1. The van der Waals surface area contributed by atoms with Crippen LogP contribution in [0.1, 0.15) is 48.2 Å². The number of carbonyl (C=O) groups is 2. The molecule has 1 fully saturated rings. The van der Waals surface area contributed by atoms with Crippen LogP contribution >= 0.6 is 11.3 Å². The zero-order valence-electron chi connectivity index (χ0n) is 10.9. The third-order valence-corrected chi connectivity index (χ3v) is 4.52. The van der Waals surface area contributed by atoms with Crippen molar-refractivity contribution in [2.24, 2.45) is 5.73 Å². The number of aliphatic carboxylic acids is 1. The largest absolute Gasteiger partial charge is 0.480 e. The zero-order valence-corrected chi connectivity index (χ0v) is 11.7. The smallest absolute Gasteiger partial charge is 0.329 e. The number of hydrogen-bond donors (Lipinski definition) is 2. The maximum absolute atomic E-state index is 12.4. The number of rotatable bonds is 3. The molecule has 3 N–H and O–H groups in total. The van der Waals surface area contributed by atoms with Crippen molar-refractivity contribution in [2.75, 3.05) is 6.54 Å². The first-order valence-corrected chi connectivity index (χ1v) is 7.00. The fourth-order valence-corrected chi connectivity index (χ4v) is 3.00. The summed E-state index contributed by atoms with van der Waals surface area (Å²) in [4.78, 5) is 29.3. The highest BCUT2D eigenvalue weighted by Crippen LogP contribution is 2.31. The number of amides is 1. The molecule has 0 saturated carbocycles. The quantitative estimate of drug-likeness (QED) is 0.870. The van der Waals surface area contributed by atoms with Crippen molar-refractivity contribution in [3.8, 4) is 0 Å². The number of nitrogens with two attached hydrogens (primary N) is 1. The van der Waals surface area contributed by atoms with Crippen molar-refractivity contribution in [3.05, 3.63) is 16.1 Å². The summed E-state index contributed by atoms with van der Waals surface area (Å²) in [6.07, 6.45) is 1.16. The van der Waals surface area contributed by atoms with Gasteiger partial charge in [-0.25, -0.2) is 9.78 Å². The summed E-state index contributed by atoms with van der Waals surface area (Å²) >= 11 is 1.32. The zero-order chi connectivity index (χ0) is 14.2. The molecule has 0 spiro atoms. The number of carbonyl (C=O) groups excluding carboxylic acids is 1. The number of hydrogen-bond acceptors (Lipinski definition) is 5. The Kier molecular flexibility index (Phi) is 3.60. The molecule has 1 aliphatic rings. The number of likely N-dealkylation sites (tertiary alicyclic amines) is 1. The molecule has 1 aliphatic heterocycles. The second-order valence-corrected chi connectivity index (χ2v) is 5.89. The number of nitrogens with zero attached hydrogens (tertiary/aromatic N) is 2. The van der Waals surface area contributed by atoms with Gasteiger partial charge >= 0.3 is 5.97 Å². The molecule has 6 nitrogen and oxygen atoms in total. The van der Waals surface area contributed by atoms with E-state index >= 15 is 0 Å². The van der Waals surface area contributed by atoms with Crippen molar-refractivity contribution in [1.82, 2.24) is 9.88 Å². The number of aromatic nitrogens is 1. The lowest BCUT2D eigenvalue weighted by Gasteiger charge is -2.30. The molecule has 2 rings (SSSR count). The summed E-state index contributed by atoms with van der Waals surface area (Å²) in [5.74, 6) is -1.30. The standard InChI is InChI=1S/C12H17N3O3S/c1-7(13)9-14-8(6-19-9)10(16)15-5-3-4-12(15,2)11(17)18/h6-7H,3-5,13H2,1-2H3,(H,17,18). The summed E-state index contributed by atoms with van der Waals surface area (Å²) in [7, 11) is 0. The number of carboxylic acids is 1. The van der Waals surface area contributed by atoms with Gasteiger partial charge in [-0.2, -0.15) is 0 Å². The van der Waals surface area contributed by atoms with Gasteiger partial charge in [0.1, 0.15) is 16.2 Å². The van der Waals surface area contributed by atoms with Gasteiger partial charge < -0.3 is 15.7 Å². The highest BCUT2D eigenvalue weighted by atomic mass is 32.1. The molecule has 7 heteroatoms. The van der Waals surface area contributed by atoms with Gasteiger partial charge in [0, 0.05) is 11.9 Å². The SMILES string of the molecule is CC(N)c1nc(C(=O)N2CCCC2(C)C(=O)O)cs1. The second kappa shape index (κ2) is 4.90. The lowest BCUT2D eigenvalue weighted by molar-refractivity contribution is -0.147. The predicted octanol–water partition coefficient (Wildman–Crippen LogP) is 1.24. The molecule has 2 heterocycles. The van der Waals surface area contributed by atoms with E-state index in [1.165, 1.54) is 16.2 Å². The fourth-order valence-electron chi connectivity index (χ4n) is 2.24. The normalized spacial score (nSPS) is 24.5. The van der Waals surface area contributed by atoms with Crippen molar-refractivity contribution < 1.29 is 14.7 Å². The lowest BCUT2D eigenvalue weighted by Crippen LogP contribution is -2.50. The first-order valence-electron chi connectivity index (χ1n) is 6.12. The maximum atomic E-state index is 12.4. The van der Waals surface area contributed by atoms with Crippen LogP contribution in [-0.2, 0) is 4.79 Å². The van der Waals surface area contributed by atoms with Crippen LogP contribution in [0.4, 0.5) is 0 Å². The molecule has 1 aromatic rings. The minimum Gasteiger partial charge on any atom is -0.480 e. The lowest BCUT2D eigenvalue weighted by atomic mass is 9.99. The van der Waals surface area contributed by atoms with Gasteiger partial charge in [0.05, 0.1) is 6.04 Å². The van der Waals surface area contributed by atoms with Crippen molar-refractivity contribution in [1.29, 1.82) is 0 Å². The van der Waals surface area contributed by atoms with Crippen LogP contribution in [-0.4, -0.2) is 39.0 Å². The third kappa shape index (κ3) is 2.35. The Morgan fingerprint density at radius 3 is 2.84 bits per heavy atom. The average molecular weight is 283 g/mol. The molecule has 2 atom stereocenters. The Morgan fingerprint density at radius 1 is 1.63 bits per heavy atom. The molecule has 2 unspecified atom stereocenters. The molecule has 0 bridgehead atoms. The summed E-state index contributed by atoms with van der Waals surface area (Å²) in [6, 6.07) is -0.226. The van der Waals surface area contributed by atoms with E-state index in [1.807, 2.05) is 0 Å². The second-order valence-electron chi connectivity index (χ2n) is 5.00. The summed E-state index contributed by atoms with van der Waals surface area (Å²) < 4.78 is 0. The average Bonchev–Trinajstić information content (AvgIpc) is 2.95. The van der Waals surface area contributed by atoms with Crippen LogP contribution in [0.3, 0.4) is 0 Å². The maximum Gasteiger partial charge on any atom is 0.329 e. The Bertz CT molecular complexity index is 514. The number of thiazole rings is 1. The molecular weight excluding hydrogens is 266 g/mol. The minimum absolute atomic E-state index is 0.226. The monoisotopic (exact) mass is 283 g/mol. The van der Waals surface area contributed by atoms with Gasteiger partial charge in [-0.1, -0.05) is 0 Å². The molecule has 104 valence electrons. The van der Waals surface area contributed by atoms with Crippen LogP contribution in [0.2, 0.25) is 0 Å². The van der Waals surface area contributed by atoms with Crippen LogP contribution in [0.5, 0.6) is 0 Å². The molecule has 19 heavy (non-hydrogen) atoms. The Morgan fingerprint density at radius 2 is 2.32 bits per heavy atom. The molecule has 0 aromatic carbocycles. The van der Waals surface area contributed by atoms with E-state index in [4.69, 9.17) is 5.73 Å². The van der Waals surface area contributed by atoms with Crippen molar-refractivity contribution in [3.63, 3.8) is 0 Å². The minimum atomic E-state index is -1.13. The molecular formula is C12H17N3O3S. The molecule has 0 radical (unpaired) electrons. The van der Waals surface area contributed by atoms with Gasteiger partial charge in [0.25, 0.3) is 5.91 Å². The topological polar surface area (TPSA) is 96.5 Å². The molecule has 1 saturated heterocycles. The highest BCUT2D eigenvalue weighted by Gasteiger charge is 2.46. The van der Waals surface area contributed by atoms with Gasteiger partial charge in [0.2, 0.25) is 0 Å². The van der Waals surface area contributed by atoms with E-state index < -0.39 is 11.5 Å². The van der Waals surface area contributed by atoms with E-state index in [0.717, 1.165) is 0 Å². The molecule has 0 aliphatic carbocycles. The first-order chi connectivity index (χ1) is 8.86. The van der Waals surface area contributed by atoms with E-state index in [9.17, 15) is 14.7 Å². The Balaban J connectivity index is 2.25. The molecule has 1 aromatic heterocycles. The van der Waals surface area contributed by atoms with Crippen LogP contribution in [0.25, 0.3) is 0 Å². The van der Waals surface area contributed by atoms with E-state index in [0.29, 0.717) is 24.4 Å². The van der Waals surface area contributed by atoms with Crippen LogP contribution in [0, 0.1) is 0 Å². The Hall–Kier alpha value is -1.47. The van der Waals surface area contributed by atoms with E-state index in [2.05, 4.69) is 4.98 Å². The van der Waals surface area contributed by atoms with Crippen LogP contribution < -0.4 is 5.73 Å².